The molecule has 5 heteroatoms. The summed E-state index contributed by atoms with van der Waals surface area (Å²) in [6.45, 7) is 0. The first-order valence-corrected chi connectivity index (χ1v) is 0.775. The van der Waals surface area contributed by atoms with Crippen LogP contribution in [0.25, 0.3) is 0 Å². The molecule has 0 unspecified atom stereocenters. The van der Waals surface area contributed by atoms with Crippen molar-refractivity contribution in [1.29, 1.82) is 0 Å². The number of hydrogen-bond donors (Lipinski definition) is 3. The lowest BCUT2D eigenvalue weighted by Gasteiger charge is -1.69. The Bertz CT molecular complexity index is 18.8. The Labute approximate surface area is 45.4 Å². The fourth-order valence-corrected chi connectivity index (χ4v) is 0. The molecule has 0 aliphatic rings. The van der Waals surface area contributed by atoms with Crippen LogP contribution in [0.4, 0.5) is 0 Å². The van der Waals surface area contributed by atoms with Gasteiger partial charge in [-0.3, -0.25) is 0 Å². The average Bonchev–Trinajstić information content (AvgIpc) is 0.811. The molecule has 0 rings (SSSR count). The molecule has 0 amide bonds. The van der Waals surface area contributed by atoms with E-state index in [9.17, 15) is 0 Å². The van der Waals surface area contributed by atoms with E-state index < -0.39 is 7.32 Å². The third kappa shape index (κ3) is 9960. The second-order valence-corrected chi connectivity index (χ2v) is 0.346. The fourth-order valence-electron chi connectivity index (χ4n) is 0. The summed E-state index contributed by atoms with van der Waals surface area (Å²) in [7, 11) is -2.17. The van der Waals surface area contributed by atoms with Gasteiger partial charge in [0.25, 0.3) is 0 Å². The van der Waals surface area contributed by atoms with Crippen molar-refractivity contribution in [3.63, 3.8) is 0 Å². The maximum atomic E-state index is 7.17. The summed E-state index contributed by atoms with van der Waals surface area (Å²) in [5, 5.41) is 21.5. The highest BCUT2D eigenvalue weighted by Gasteiger charge is 1.92. The third-order valence-electron chi connectivity index (χ3n) is 0. The first-order chi connectivity index (χ1) is 1.73. The van der Waals surface area contributed by atoms with Gasteiger partial charge in [-0.15, -0.1) is 0 Å². The van der Waals surface area contributed by atoms with Crippen molar-refractivity contribution in [2.24, 2.45) is 0 Å². The second-order valence-electron chi connectivity index (χ2n) is 0.346. The van der Waals surface area contributed by atoms with Crippen LogP contribution in [0.5, 0.6) is 0 Å². The summed E-state index contributed by atoms with van der Waals surface area (Å²) in [5.41, 5.74) is 0. The van der Waals surface area contributed by atoms with Crippen molar-refractivity contribution in [1.82, 2.24) is 0 Å². The summed E-state index contributed by atoms with van der Waals surface area (Å²) in [5.74, 6) is 0. The van der Waals surface area contributed by atoms with Gasteiger partial charge in [-0.1, -0.05) is 14.9 Å². The van der Waals surface area contributed by atoms with Crippen LogP contribution in [0.1, 0.15) is 16.3 Å². The van der Waals surface area contributed by atoms with E-state index in [1.807, 2.05) is 0 Å². The van der Waals surface area contributed by atoms with Crippen molar-refractivity contribution < 1.29 is 22.0 Å². The van der Waals surface area contributed by atoms with Gasteiger partial charge in [0, 0.05) is 0 Å². The minimum atomic E-state index is -2.17. The molecule has 0 atom stereocenters. The third-order valence-corrected chi connectivity index (χ3v) is 0. The molecule has 0 aromatic heterocycles. The molecule has 0 saturated carbocycles. The summed E-state index contributed by atoms with van der Waals surface area (Å²) in [6.07, 6.45) is 0. The van der Waals surface area contributed by atoms with E-state index in [0.717, 1.165) is 0 Å². The molecule has 7 heavy (non-hydrogen) atoms. The zero-order valence-electron chi connectivity index (χ0n) is 3.42. The Balaban J connectivity index is -0.00000000750. The molecule has 48 valence electrons. The highest BCUT2D eigenvalue weighted by Crippen LogP contribution is 1.40. The predicted molar refractivity (Wildman–Crippen MR) is 30.6 cm³/mol. The topological polar surface area (TPSA) is 92.2 Å². The first-order valence-electron chi connectivity index (χ1n) is 0.775. The van der Waals surface area contributed by atoms with Crippen LogP contribution >= 0.6 is 0 Å². The van der Waals surface area contributed by atoms with Gasteiger partial charge in [-0.25, -0.2) is 0 Å². The van der Waals surface area contributed by atoms with Crippen molar-refractivity contribution in [3.05, 3.63) is 0 Å². The quantitative estimate of drug-likeness (QED) is 0.334. The highest BCUT2D eigenvalue weighted by atomic mass is 16.5. The van der Waals surface area contributed by atoms with Crippen LogP contribution < -0.4 is 0 Å². The minimum absolute atomic E-state index is 0. The smallest absolute Gasteiger partial charge is 0.412 e. The van der Waals surface area contributed by atoms with E-state index in [1.54, 1.807) is 0 Å². The Kier molecular flexibility index (Phi) is 68.6. The van der Waals surface area contributed by atoms with Gasteiger partial charge in [0.15, 0.2) is 0 Å². The van der Waals surface area contributed by atoms with Crippen molar-refractivity contribution >= 4 is 7.32 Å². The van der Waals surface area contributed by atoms with Gasteiger partial charge in [0.1, 0.15) is 0 Å². The molecule has 0 aliphatic carbocycles. The summed E-state index contributed by atoms with van der Waals surface area (Å²) >= 11 is 0. The average molecular weight is 113 g/mol. The van der Waals surface area contributed by atoms with Gasteiger partial charge in [-0.2, -0.15) is 0 Å². The Morgan fingerprint density at radius 1 is 1.00 bits per heavy atom. The maximum Gasteiger partial charge on any atom is 1.00 e. The van der Waals surface area contributed by atoms with Crippen molar-refractivity contribution in [3.8, 4) is 0 Å². The number of rotatable bonds is 0. The molecule has 0 aliphatic heterocycles. The van der Waals surface area contributed by atoms with Crippen molar-refractivity contribution in [2.45, 2.75) is 14.9 Å². The SMILES string of the molecule is C.C.O.OB(O)O.[H+]. The molecule has 0 saturated heterocycles. The van der Waals surface area contributed by atoms with Crippen LogP contribution in [-0.4, -0.2) is 27.9 Å². The largest absolute Gasteiger partial charge is 1.00 e. The molecule has 4 nitrogen and oxygen atoms in total. The molecule has 0 radical (unpaired) electrons. The molecular weight excluding hydrogens is 98.8 g/mol. The van der Waals surface area contributed by atoms with Crippen LogP contribution in [0.3, 0.4) is 0 Å². The van der Waals surface area contributed by atoms with E-state index in [0.29, 0.717) is 0 Å². The first kappa shape index (κ1) is 28.5. The Hall–Kier alpha value is -0.0951. The lowest BCUT2D eigenvalue weighted by molar-refractivity contribution is 0.278. The standard InChI is InChI=1S/2CH4.BH3O3.H2O/c;;2-1(3)4;/h2*1H4;2-4H;1H2/p+1. The van der Waals surface area contributed by atoms with Gasteiger partial charge >= 0.3 is 8.75 Å². The monoisotopic (exact) mass is 113 g/mol. The molecule has 0 fully saturated rings. The lowest BCUT2D eigenvalue weighted by Crippen LogP contribution is -2.07. The highest BCUT2D eigenvalue weighted by molar-refractivity contribution is 6.30. The van der Waals surface area contributed by atoms with E-state index in [1.165, 1.54) is 0 Å². The zero-order chi connectivity index (χ0) is 3.58. The molecule has 0 spiro atoms. The van der Waals surface area contributed by atoms with E-state index in [2.05, 4.69) is 0 Å². The summed E-state index contributed by atoms with van der Waals surface area (Å²) < 4.78 is 0. The summed E-state index contributed by atoms with van der Waals surface area (Å²) in [6, 6.07) is 0. The molecule has 0 aromatic carbocycles. The number of hydrogen-bond acceptors (Lipinski definition) is 3. The molecule has 0 aromatic rings. The molecule has 0 bridgehead atoms. The minimum Gasteiger partial charge on any atom is -0.412 e. The van der Waals surface area contributed by atoms with Crippen molar-refractivity contribution in [2.75, 3.05) is 0 Å². The summed E-state index contributed by atoms with van der Waals surface area (Å²) in [4.78, 5) is 0. The van der Waals surface area contributed by atoms with Gasteiger partial charge in [0.05, 0.1) is 0 Å². The lowest BCUT2D eigenvalue weighted by atomic mass is 10.3. The van der Waals surface area contributed by atoms with Gasteiger partial charge in [-0.05, 0) is 0 Å². The van der Waals surface area contributed by atoms with Crippen LogP contribution in [-0.2, 0) is 0 Å². The van der Waals surface area contributed by atoms with Gasteiger partial charge in [0.2, 0.25) is 0 Å². The second kappa shape index (κ2) is 16.8. The van der Waals surface area contributed by atoms with E-state index in [4.69, 9.17) is 15.1 Å². The van der Waals surface area contributed by atoms with Gasteiger partial charge < -0.3 is 20.5 Å². The maximum absolute atomic E-state index is 7.17. The normalized spacial score (nSPS) is 3.86. The van der Waals surface area contributed by atoms with E-state index >= 15 is 0 Å². The molecule has 5 N–H and O–H groups in total. The molecular formula is C2H14BO4+. The Morgan fingerprint density at radius 2 is 1.00 bits per heavy atom. The zero-order valence-corrected chi connectivity index (χ0v) is 2.42. The van der Waals surface area contributed by atoms with E-state index in [-0.39, 0.29) is 21.8 Å². The fraction of sp³-hybridized carbons (Fsp3) is 1.00. The van der Waals surface area contributed by atoms with Crippen LogP contribution in [0.15, 0.2) is 0 Å². The molecule has 0 heterocycles. The van der Waals surface area contributed by atoms with Crippen LogP contribution in [0, 0.1) is 0 Å². The predicted octanol–water partition coefficient (Wildman–Crippen LogP) is -1.49. The van der Waals surface area contributed by atoms with Crippen LogP contribution in [0.2, 0.25) is 0 Å². The Morgan fingerprint density at radius 3 is 1.00 bits per heavy atom.